The van der Waals surface area contributed by atoms with Crippen LogP contribution in [-0.2, 0) is 0 Å². The van der Waals surface area contributed by atoms with Gasteiger partial charge in [0.1, 0.15) is 0 Å². The minimum atomic E-state index is 1.25. The lowest BCUT2D eigenvalue weighted by molar-refractivity contribution is 1.60. The smallest absolute Gasteiger partial charge is 0.0171 e. The fourth-order valence-electron chi connectivity index (χ4n) is 3.61. The Balaban J connectivity index is 1.57. The lowest BCUT2D eigenvalue weighted by Gasteiger charge is -2.08. The van der Waals surface area contributed by atoms with Crippen LogP contribution in [0.3, 0.4) is 0 Å². The summed E-state index contributed by atoms with van der Waals surface area (Å²) in [5.74, 6) is 0. The van der Waals surface area contributed by atoms with Crippen LogP contribution in [0.2, 0.25) is 0 Å². The van der Waals surface area contributed by atoms with Gasteiger partial charge in [-0.15, -0.1) is 0 Å². The predicted molar refractivity (Wildman–Crippen MR) is 112 cm³/mol. The van der Waals surface area contributed by atoms with E-state index in [0.29, 0.717) is 0 Å². The Morgan fingerprint density at radius 3 is 1.42 bits per heavy atom. The molecule has 5 rings (SSSR count). The number of hydrogen-bond donors (Lipinski definition) is 0. The minimum Gasteiger partial charge on any atom is -0.0622 e. The third kappa shape index (κ3) is 2.66. The summed E-state index contributed by atoms with van der Waals surface area (Å²) >= 11 is 0. The topological polar surface area (TPSA) is 0 Å². The largest absolute Gasteiger partial charge is 0.0622 e. The highest BCUT2D eigenvalue weighted by Gasteiger charge is 2.03. The van der Waals surface area contributed by atoms with Gasteiger partial charge in [0.2, 0.25) is 0 Å². The number of benzene rings is 5. The second-order valence-corrected chi connectivity index (χ2v) is 6.70. The first-order valence-electron chi connectivity index (χ1n) is 8.95. The molecule has 0 aliphatic rings. The minimum absolute atomic E-state index is 1.25. The standard InChI is InChI=1S/C26H18/c1-2-6-19(7-3-1)20-10-12-21(13-11-20)24-14-15-25-16-22-8-4-5-9-23(22)17-26(25)18-24/h1-18H. The van der Waals surface area contributed by atoms with Crippen molar-refractivity contribution in [2.24, 2.45) is 0 Å². The molecule has 5 aromatic carbocycles. The zero-order chi connectivity index (χ0) is 17.3. The second-order valence-electron chi connectivity index (χ2n) is 6.70. The molecule has 0 atom stereocenters. The van der Waals surface area contributed by atoms with Gasteiger partial charge in [-0.25, -0.2) is 0 Å². The zero-order valence-corrected chi connectivity index (χ0v) is 14.4. The van der Waals surface area contributed by atoms with Crippen molar-refractivity contribution in [3.05, 3.63) is 109 Å². The summed E-state index contributed by atoms with van der Waals surface area (Å²) in [5.41, 5.74) is 5.01. The molecule has 5 aromatic rings. The Morgan fingerprint density at radius 2 is 0.731 bits per heavy atom. The number of rotatable bonds is 2. The maximum atomic E-state index is 2.29. The van der Waals surface area contributed by atoms with Crippen LogP contribution in [0.15, 0.2) is 109 Å². The Labute approximate surface area is 153 Å². The van der Waals surface area contributed by atoms with E-state index in [1.807, 2.05) is 0 Å². The van der Waals surface area contributed by atoms with Gasteiger partial charge in [-0.2, -0.15) is 0 Å². The first kappa shape index (κ1) is 14.9. The molecule has 0 spiro atoms. The van der Waals surface area contributed by atoms with Crippen LogP contribution in [0.4, 0.5) is 0 Å². The van der Waals surface area contributed by atoms with Gasteiger partial charge in [0, 0.05) is 0 Å². The van der Waals surface area contributed by atoms with Crippen molar-refractivity contribution in [2.75, 3.05) is 0 Å². The van der Waals surface area contributed by atoms with Crippen LogP contribution >= 0.6 is 0 Å². The Morgan fingerprint density at radius 1 is 0.269 bits per heavy atom. The van der Waals surface area contributed by atoms with E-state index in [1.54, 1.807) is 0 Å². The summed E-state index contributed by atoms with van der Waals surface area (Å²) in [7, 11) is 0. The molecule has 0 radical (unpaired) electrons. The third-order valence-corrected chi connectivity index (χ3v) is 5.03. The molecule has 122 valence electrons. The molecule has 0 heteroatoms. The van der Waals surface area contributed by atoms with Gasteiger partial charge in [0.15, 0.2) is 0 Å². The Hall–Kier alpha value is -3.38. The van der Waals surface area contributed by atoms with Gasteiger partial charge in [-0.3, -0.25) is 0 Å². The monoisotopic (exact) mass is 330 g/mol. The molecule has 26 heavy (non-hydrogen) atoms. The summed E-state index contributed by atoms with van der Waals surface area (Å²) in [5, 5.41) is 5.15. The summed E-state index contributed by atoms with van der Waals surface area (Å²) < 4.78 is 0. The van der Waals surface area contributed by atoms with Gasteiger partial charge in [0.05, 0.1) is 0 Å². The highest BCUT2D eigenvalue weighted by molar-refractivity contribution is 5.99. The number of hydrogen-bond acceptors (Lipinski definition) is 0. The van der Waals surface area contributed by atoms with E-state index in [0.717, 1.165) is 0 Å². The summed E-state index contributed by atoms with van der Waals surface area (Å²) in [6, 6.07) is 39.2. The molecule has 0 nitrogen and oxygen atoms in total. The van der Waals surface area contributed by atoms with Crippen molar-refractivity contribution in [1.82, 2.24) is 0 Å². The Bertz CT molecular complexity index is 1200. The average molecular weight is 330 g/mol. The van der Waals surface area contributed by atoms with E-state index in [2.05, 4.69) is 109 Å². The molecule has 0 bridgehead atoms. The lowest BCUT2D eigenvalue weighted by Crippen LogP contribution is -1.82. The maximum absolute atomic E-state index is 2.29. The van der Waals surface area contributed by atoms with Crippen molar-refractivity contribution >= 4 is 21.5 Å². The lowest BCUT2D eigenvalue weighted by atomic mass is 9.97. The molecule has 0 fully saturated rings. The van der Waals surface area contributed by atoms with E-state index in [-0.39, 0.29) is 0 Å². The predicted octanol–water partition coefficient (Wildman–Crippen LogP) is 7.33. The molecule has 0 saturated carbocycles. The van der Waals surface area contributed by atoms with Crippen molar-refractivity contribution in [1.29, 1.82) is 0 Å². The van der Waals surface area contributed by atoms with Gasteiger partial charge in [-0.1, -0.05) is 91.0 Å². The zero-order valence-electron chi connectivity index (χ0n) is 14.4. The van der Waals surface area contributed by atoms with E-state index >= 15 is 0 Å². The molecule has 0 aliphatic carbocycles. The van der Waals surface area contributed by atoms with Crippen molar-refractivity contribution in [3.8, 4) is 22.3 Å². The van der Waals surface area contributed by atoms with E-state index in [4.69, 9.17) is 0 Å². The fraction of sp³-hybridized carbons (Fsp3) is 0. The molecule has 0 N–H and O–H groups in total. The summed E-state index contributed by atoms with van der Waals surface area (Å²) in [4.78, 5) is 0. The normalized spacial score (nSPS) is 11.1. The second kappa shape index (κ2) is 6.16. The quantitative estimate of drug-likeness (QED) is 0.297. The molecular formula is C26H18. The van der Waals surface area contributed by atoms with Crippen LogP contribution in [0, 0.1) is 0 Å². The van der Waals surface area contributed by atoms with Crippen LogP contribution in [-0.4, -0.2) is 0 Å². The van der Waals surface area contributed by atoms with Crippen LogP contribution < -0.4 is 0 Å². The molecule has 0 heterocycles. The van der Waals surface area contributed by atoms with Gasteiger partial charge in [0.25, 0.3) is 0 Å². The molecule has 0 aliphatic heterocycles. The van der Waals surface area contributed by atoms with E-state index in [1.165, 1.54) is 43.8 Å². The van der Waals surface area contributed by atoms with Crippen molar-refractivity contribution in [2.45, 2.75) is 0 Å². The highest BCUT2D eigenvalue weighted by atomic mass is 14.1. The van der Waals surface area contributed by atoms with Crippen LogP contribution in [0.1, 0.15) is 0 Å². The molecule has 0 aromatic heterocycles. The number of fused-ring (bicyclic) bond motifs is 2. The molecular weight excluding hydrogens is 312 g/mol. The summed E-state index contributed by atoms with van der Waals surface area (Å²) in [6.07, 6.45) is 0. The van der Waals surface area contributed by atoms with E-state index < -0.39 is 0 Å². The average Bonchev–Trinajstić information content (AvgIpc) is 2.72. The molecule has 0 saturated heterocycles. The first-order valence-corrected chi connectivity index (χ1v) is 8.95. The third-order valence-electron chi connectivity index (χ3n) is 5.03. The van der Waals surface area contributed by atoms with Crippen LogP contribution in [0.5, 0.6) is 0 Å². The molecule has 0 unspecified atom stereocenters. The summed E-state index contributed by atoms with van der Waals surface area (Å²) in [6.45, 7) is 0. The van der Waals surface area contributed by atoms with Gasteiger partial charge >= 0.3 is 0 Å². The maximum Gasteiger partial charge on any atom is -0.0171 e. The molecule has 0 amide bonds. The van der Waals surface area contributed by atoms with Gasteiger partial charge < -0.3 is 0 Å². The van der Waals surface area contributed by atoms with Crippen LogP contribution in [0.25, 0.3) is 43.8 Å². The highest BCUT2D eigenvalue weighted by Crippen LogP contribution is 2.29. The van der Waals surface area contributed by atoms with Crippen molar-refractivity contribution < 1.29 is 0 Å². The Kier molecular flexibility index (Phi) is 3.54. The fourth-order valence-corrected chi connectivity index (χ4v) is 3.61. The first-order chi connectivity index (χ1) is 12.9. The van der Waals surface area contributed by atoms with E-state index in [9.17, 15) is 0 Å². The van der Waals surface area contributed by atoms with Crippen molar-refractivity contribution in [3.63, 3.8) is 0 Å². The SMILES string of the molecule is c1ccc(-c2ccc(-c3ccc4cc5ccccc5cc4c3)cc2)cc1. The van der Waals surface area contributed by atoms with Gasteiger partial charge in [-0.05, 0) is 62.0 Å².